The van der Waals surface area contributed by atoms with E-state index < -0.39 is 0 Å². The van der Waals surface area contributed by atoms with Gasteiger partial charge < -0.3 is 10.0 Å². The Balaban J connectivity index is 2.20. The van der Waals surface area contributed by atoms with Crippen molar-refractivity contribution in [2.24, 2.45) is 0 Å². The van der Waals surface area contributed by atoms with Gasteiger partial charge in [0.15, 0.2) is 0 Å². The molecule has 0 radical (unpaired) electrons. The molecule has 0 amide bonds. The van der Waals surface area contributed by atoms with Crippen molar-refractivity contribution < 1.29 is 5.11 Å². The standard InChI is InChI=1S/C16H20N2O/c1-16(2)8-5-9-18(16)15-14-7-4-3-6-13(14)12(11-19)10-17-15/h3-4,6-7,10,19H,5,8-9,11H2,1-2H3. The van der Waals surface area contributed by atoms with Crippen LogP contribution in [0.4, 0.5) is 5.82 Å². The number of nitrogens with zero attached hydrogens (tertiary/aromatic N) is 2. The van der Waals surface area contributed by atoms with Crippen molar-refractivity contribution in [2.75, 3.05) is 11.4 Å². The molecular formula is C16H20N2O. The maximum absolute atomic E-state index is 9.44. The average molecular weight is 256 g/mol. The van der Waals surface area contributed by atoms with E-state index in [2.05, 4.69) is 35.9 Å². The molecule has 100 valence electrons. The highest BCUT2D eigenvalue weighted by Gasteiger charge is 2.33. The Kier molecular flexibility index (Phi) is 2.94. The summed E-state index contributed by atoms with van der Waals surface area (Å²) in [6.07, 6.45) is 4.22. The normalized spacial score (nSPS) is 18.2. The summed E-state index contributed by atoms with van der Waals surface area (Å²) in [6, 6.07) is 8.22. The molecule has 3 heteroatoms. The van der Waals surface area contributed by atoms with Gasteiger partial charge in [0.05, 0.1) is 6.61 Å². The van der Waals surface area contributed by atoms with E-state index >= 15 is 0 Å². The number of anilines is 1. The van der Waals surface area contributed by atoms with E-state index in [0.717, 1.165) is 28.7 Å². The Bertz CT molecular complexity index is 607. The van der Waals surface area contributed by atoms with Gasteiger partial charge in [0.1, 0.15) is 5.82 Å². The van der Waals surface area contributed by atoms with Crippen molar-refractivity contribution in [1.82, 2.24) is 4.98 Å². The van der Waals surface area contributed by atoms with Crippen LogP contribution in [0.15, 0.2) is 30.5 Å². The number of hydrogen-bond donors (Lipinski definition) is 1. The zero-order chi connectivity index (χ0) is 13.5. The second kappa shape index (κ2) is 4.49. The number of aliphatic hydroxyl groups excluding tert-OH is 1. The van der Waals surface area contributed by atoms with E-state index in [1.54, 1.807) is 0 Å². The van der Waals surface area contributed by atoms with Crippen molar-refractivity contribution in [2.45, 2.75) is 38.8 Å². The molecule has 2 heterocycles. The molecule has 1 saturated heterocycles. The third-order valence-corrected chi connectivity index (χ3v) is 4.18. The summed E-state index contributed by atoms with van der Waals surface area (Å²) in [5.74, 6) is 1.05. The molecule has 0 unspecified atom stereocenters. The highest BCUT2D eigenvalue weighted by molar-refractivity contribution is 5.94. The smallest absolute Gasteiger partial charge is 0.136 e. The minimum Gasteiger partial charge on any atom is -0.392 e. The Hall–Kier alpha value is -1.61. The van der Waals surface area contributed by atoms with E-state index in [9.17, 15) is 5.11 Å². The van der Waals surface area contributed by atoms with Crippen LogP contribution in [-0.4, -0.2) is 22.2 Å². The summed E-state index contributed by atoms with van der Waals surface area (Å²) >= 11 is 0. The number of pyridine rings is 1. The number of aromatic nitrogens is 1. The van der Waals surface area contributed by atoms with Gasteiger partial charge in [-0.2, -0.15) is 0 Å². The van der Waals surface area contributed by atoms with Crippen molar-refractivity contribution in [1.29, 1.82) is 0 Å². The fourth-order valence-electron chi connectivity index (χ4n) is 3.08. The first kappa shape index (κ1) is 12.4. The first-order chi connectivity index (χ1) is 9.13. The van der Waals surface area contributed by atoms with Gasteiger partial charge >= 0.3 is 0 Å². The molecule has 0 bridgehead atoms. The minimum atomic E-state index is 0.0389. The topological polar surface area (TPSA) is 36.4 Å². The van der Waals surface area contributed by atoms with Crippen LogP contribution < -0.4 is 4.90 Å². The molecule has 1 aliphatic rings. The second-order valence-electron chi connectivity index (χ2n) is 5.88. The van der Waals surface area contributed by atoms with Crippen molar-refractivity contribution in [3.63, 3.8) is 0 Å². The monoisotopic (exact) mass is 256 g/mol. The maximum atomic E-state index is 9.44. The quantitative estimate of drug-likeness (QED) is 0.897. The zero-order valence-corrected chi connectivity index (χ0v) is 11.6. The first-order valence-corrected chi connectivity index (χ1v) is 6.88. The Labute approximate surface area is 113 Å². The number of fused-ring (bicyclic) bond motifs is 1. The van der Waals surface area contributed by atoms with E-state index in [1.807, 2.05) is 18.3 Å². The van der Waals surface area contributed by atoms with Gasteiger partial charge in [-0.25, -0.2) is 4.98 Å². The van der Waals surface area contributed by atoms with E-state index in [1.165, 1.54) is 12.8 Å². The van der Waals surface area contributed by atoms with Gasteiger partial charge in [0, 0.05) is 29.2 Å². The Morgan fingerprint density at radius 1 is 1.26 bits per heavy atom. The molecule has 0 aliphatic carbocycles. The molecule has 1 N–H and O–H groups in total. The van der Waals surface area contributed by atoms with Gasteiger partial charge in [0.25, 0.3) is 0 Å². The molecule has 3 nitrogen and oxygen atoms in total. The second-order valence-corrected chi connectivity index (χ2v) is 5.88. The van der Waals surface area contributed by atoms with Gasteiger partial charge in [-0.3, -0.25) is 0 Å². The summed E-state index contributed by atoms with van der Waals surface area (Å²) in [5.41, 5.74) is 1.06. The molecule has 1 aromatic carbocycles. The summed E-state index contributed by atoms with van der Waals surface area (Å²) in [6.45, 7) is 5.65. The van der Waals surface area contributed by atoms with Crippen molar-refractivity contribution in [3.8, 4) is 0 Å². The van der Waals surface area contributed by atoms with Crippen LogP contribution >= 0.6 is 0 Å². The number of benzene rings is 1. The summed E-state index contributed by atoms with van der Waals surface area (Å²) in [5, 5.41) is 11.7. The summed E-state index contributed by atoms with van der Waals surface area (Å²) in [7, 11) is 0. The lowest BCUT2D eigenvalue weighted by molar-refractivity contribution is 0.283. The molecular weight excluding hydrogens is 236 g/mol. The molecule has 1 aromatic heterocycles. The lowest BCUT2D eigenvalue weighted by atomic mass is 10.0. The zero-order valence-electron chi connectivity index (χ0n) is 11.6. The van der Waals surface area contributed by atoms with Crippen LogP contribution in [0.25, 0.3) is 10.8 Å². The van der Waals surface area contributed by atoms with Crippen LogP contribution in [0.3, 0.4) is 0 Å². The largest absolute Gasteiger partial charge is 0.392 e. The van der Waals surface area contributed by atoms with Gasteiger partial charge in [-0.05, 0) is 32.1 Å². The SMILES string of the molecule is CC1(C)CCCN1c1ncc(CO)c2ccccc12. The van der Waals surface area contributed by atoms with E-state index in [0.29, 0.717) is 0 Å². The third-order valence-electron chi connectivity index (χ3n) is 4.18. The maximum Gasteiger partial charge on any atom is 0.136 e. The van der Waals surface area contributed by atoms with Gasteiger partial charge in [-0.1, -0.05) is 24.3 Å². The molecule has 0 atom stereocenters. The molecule has 19 heavy (non-hydrogen) atoms. The van der Waals surface area contributed by atoms with E-state index in [-0.39, 0.29) is 12.1 Å². The fourth-order valence-corrected chi connectivity index (χ4v) is 3.08. The lowest BCUT2D eigenvalue weighted by Gasteiger charge is -2.33. The van der Waals surface area contributed by atoms with Crippen LogP contribution in [0.5, 0.6) is 0 Å². The van der Waals surface area contributed by atoms with Crippen molar-refractivity contribution >= 4 is 16.6 Å². The summed E-state index contributed by atoms with van der Waals surface area (Å²) in [4.78, 5) is 7.02. The first-order valence-electron chi connectivity index (χ1n) is 6.88. The van der Waals surface area contributed by atoms with Crippen LogP contribution in [0, 0.1) is 0 Å². The predicted octanol–water partition coefficient (Wildman–Crippen LogP) is 3.11. The number of rotatable bonds is 2. The highest BCUT2D eigenvalue weighted by Crippen LogP contribution is 2.36. The van der Waals surface area contributed by atoms with Gasteiger partial charge in [-0.15, -0.1) is 0 Å². The molecule has 0 spiro atoms. The molecule has 0 saturated carbocycles. The number of aliphatic hydroxyl groups is 1. The molecule has 1 fully saturated rings. The Morgan fingerprint density at radius 3 is 2.63 bits per heavy atom. The summed E-state index contributed by atoms with van der Waals surface area (Å²) < 4.78 is 0. The van der Waals surface area contributed by atoms with Crippen molar-refractivity contribution in [3.05, 3.63) is 36.0 Å². The van der Waals surface area contributed by atoms with Crippen LogP contribution in [-0.2, 0) is 6.61 Å². The molecule has 1 aliphatic heterocycles. The Morgan fingerprint density at radius 2 is 2.00 bits per heavy atom. The third kappa shape index (κ3) is 1.98. The molecule has 2 aromatic rings. The van der Waals surface area contributed by atoms with Gasteiger partial charge in [0.2, 0.25) is 0 Å². The highest BCUT2D eigenvalue weighted by atomic mass is 16.3. The van der Waals surface area contributed by atoms with E-state index in [4.69, 9.17) is 0 Å². The predicted molar refractivity (Wildman–Crippen MR) is 78.3 cm³/mol. The fraction of sp³-hybridized carbons (Fsp3) is 0.438. The van der Waals surface area contributed by atoms with Crippen LogP contribution in [0.1, 0.15) is 32.3 Å². The lowest BCUT2D eigenvalue weighted by Crippen LogP contribution is -2.38. The van der Waals surface area contributed by atoms with Crippen LogP contribution in [0.2, 0.25) is 0 Å². The molecule has 3 rings (SSSR count). The number of hydrogen-bond acceptors (Lipinski definition) is 3. The minimum absolute atomic E-state index is 0.0389. The average Bonchev–Trinajstić information content (AvgIpc) is 2.77.